The largest absolute Gasteiger partial charge is 0.501 e. The molecule has 2 aliphatic heterocycles. The van der Waals surface area contributed by atoms with E-state index in [1.165, 1.54) is 17.8 Å². The summed E-state index contributed by atoms with van der Waals surface area (Å²) in [4.78, 5) is 52.2. The Bertz CT molecular complexity index is 2190. The maximum absolute atomic E-state index is 13.7. The van der Waals surface area contributed by atoms with Gasteiger partial charge in [-0.3, -0.25) is 29.4 Å². The third-order valence-corrected chi connectivity index (χ3v) is 12.9. The van der Waals surface area contributed by atoms with Gasteiger partial charge in [0.1, 0.15) is 10.9 Å². The van der Waals surface area contributed by atoms with Crippen molar-refractivity contribution in [1.29, 1.82) is 0 Å². The van der Waals surface area contributed by atoms with Gasteiger partial charge in [0, 0.05) is 35.3 Å². The second kappa shape index (κ2) is 17.7. The molecule has 1 fully saturated rings. The van der Waals surface area contributed by atoms with Crippen LogP contribution in [0.25, 0.3) is 0 Å². The molecule has 3 aromatic rings. The number of fused-ring (bicyclic) bond motifs is 1. The van der Waals surface area contributed by atoms with Crippen molar-refractivity contribution in [3.8, 4) is 0 Å². The van der Waals surface area contributed by atoms with Crippen LogP contribution >= 0.6 is 11.8 Å². The maximum atomic E-state index is 13.7. The quantitative estimate of drug-likeness (QED) is 0.0809. The van der Waals surface area contributed by atoms with Crippen molar-refractivity contribution in [2.75, 3.05) is 43.1 Å². The van der Waals surface area contributed by atoms with E-state index in [-0.39, 0.29) is 24.0 Å². The highest BCUT2D eigenvalue weighted by molar-refractivity contribution is 7.99. The highest BCUT2D eigenvalue weighted by atomic mass is 32.2. The summed E-state index contributed by atoms with van der Waals surface area (Å²) in [6.07, 6.45) is 2.73. The number of carbonyl (C=O) groups excluding carboxylic acids is 4. The number of nitrogens with one attached hydrogen (secondary N) is 3. The molecule has 0 radical (unpaired) electrons. The SMILES string of the molecule is CN(CCCCCNc1cccc2c1C(=O)N(C1CCC(=O)NC1=O)C2=O)CCC(CSc1ccccc1)Nc1ccc(S(N)(=O)=O)cc1S(=O)(=O)C(F)(F)F. The van der Waals surface area contributed by atoms with Gasteiger partial charge < -0.3 is 15.5 Å². The summed E-state index contributed by atoms with van der Waals surface area (Å²) in [6, 6.07) is 14.8. The molecule has 5 N–H and O–H groups in total. The number of amides is 4. The molecule has 3 aromatic carbocycles. The minimum absolute atomic E-state index is 0.0212. The molecule has 302 valence electrons. The number of thioether (sulfide) groups is 1. The number of piperidine rings is 1. The molecule has 2 heterocycles. The number of alkyl halides is 3. The first kappa shape index (κ1) is 42.6. The number of hydrogen-bond acceptors (Lipinski definition) is 12. The van der Waals surface area contributed by atoms with Gasteiger partial charge in [0.2, 0.25) is 21.8 Å². The van der Waals surface area contributed by atoms with E-state index in [2.05, 4.69) is 16.0 Å². The van der Waals surface area contributed by atoms with E-state index in [0.717, 1.165) is 34.8 Å². The van der Waals surface area contributed by atoms with E-state index >= 15 is 0 Å². The van der Waals surface area contributed by atoms with Crippen LogP contribution in [0.3, 0.4) is 0 Å². The molecule has 56 heavy (non-hydrogen) atoms. The lowest BCUT2D eigenvalue weighted by atomic mass is 10.0. The Morgan fingerprint density at radius 1 is 0.929 bits per heavy atom. The Morgan fingerprint density at radius 2 is 1.66 bits per heavy atom. The van der Waals surface area contributed by atoms with Gasteiger partial charge in [-0.15, -0.1) is 11.8 Å². The lowest BCUT2D eigenvalue weighted by Crippen LogP contribution is -2.54. The third kappa shape index (κ3) is 10.1. The number of unbranched alkanes of at least 4 members (excludes halogenated alkanes) is 2. The van der Waals surface area contributed by atoms with Crippen LogP contribution in [0.2, 0.25) is 0 Å². The molecule has 1 saturated heterocycles. The number of anilines is 2. The monoisotopic (exact) mass is 838 g/mol. The minimum Gasteiger partial charge on any atom is -0.384 e. The lowest BCUT2D eigenvalue weighted by Gasteiger charge is -2.27. The Morgan fingerprint density at radius 3 is 2.34 bits per heavy atom. The van der Waals surface area contributed by atoms with Gasteiger partial charge in [0.15, 0.2) is 0 Å². The van der Waals surface area contributed by atoms with Crippen LogP contribution in [0.5, 0.6) is 0 Å². The Hall–Kier alpha value is -4.50. The number of hydrogen-bond donors (Lipinski definition) is 4. The standard InChI is InChI=1S/C36H41F3N6O8S3/c1-44(19-7-3-6-18-41-28-12-8-11-26-32(28)35(49)45(34(26)48)29-15-16-31(46)43-33(29)47)20-17-23(22-54-24-9-4-2-5-10-24)42-27-14-13-25(56(40,52)53)21-30(27)55(50,51)36(37,38)39/h2,4-5,8-14,21,23,29,41-42H,3,6-7,15-20,22H2,1H3,(H2,40,52,53)(H,43,46,47). The second-order valence-corrected chi connectivity index (χ2v) is 17.9. The number of halogens is 3. The summed E-state index contributed by atoms with van der Waals surface area (Å²) in [7, 11) is -8.59. The molecule has 20 heteroatoms. The predicted molar refractivity (Wildman–Crippen MR) is 203 cm³/mol. The van der Waals surface area contributed by atoms with Crippen LogP contribution in [0, 0.1) is 0 Å². The molecule has 2 aliphatic rings. The number of nitrogens with zero attached hydrogens (tertiary/aromatic N) is 2. The average molecular weight is 839 g/mol. The Labute approximate surface area is 326 Å². The molecular formula is C36H41F3N6O8S3. The number of benzene rings is 3. The predicted octanol–water partition coefficient (Wildman–Crippen LogP) is 4.21. The number of nitrogens with two attached hydrogens (primary N) is 1. The van der Waals surface area contributed by atoms with E-state index in [0.29, 0.717) is 50.0 Å². The first-order chi connectivity index (χ1) is 26.4. The van der Waals surface area contributed by atoms with Crippen molar-refractivity contribution in [2.45, 2.75) is 70.8 Å². The molecular weight excluding hydrogens is 798 g/mol. The number of carbonyl (C=O) groups is 4. The van der Waals surface area contributed by atoms with Gasteiger partial charge in [0.25, 0.3) is 21.7 Å². The van der Waals surface area contributed by atoms with Crippen molar-refractivity contribution in [1.82, 2.24) is 15.1 Å². The van der Waals surface area contributed by atoms with Gasteiger partial charge in [-0.1, -0.05) is 30.7 Å². The van der Waals surface area contributed by atoms with Crippen molar-refractivity contribution in [3.63, 3.8) is 0 Å². The molecule has 2 unspecified atom stereocenters. The van der Waals surface area contributed by atoms with E-state index in [4.69, 9.17) is 5.14 Å². The number of sulfonamides is 1. The Balaban J connectivity index is 1.16. The van der Waals surface area contributed by atoms with E-state index < -0.39 is 76.6 Å². The molecule has 2 atom stereocenters. The highest BCUT2D eigenvalue weighted by Crippen LogP contribution is 2.37. The minimum atomic E-state index is -5.95. The summed E-state index contributed by atoms with van der Waals surface area (Å²) in [5.74, 6) is -1.99. The van der Waals surface area contributed by atoms with Crippen LogP contribution in [0.1, 0.15) is 59.2 Å². The average Bonchev–Trinajstić information content (AvgIpc) is 3.39. The first-order valence-electron chi connectivity index (χ1n) is 17.6. The second-order valence-electron chi connectivity index (χ2n) is 13.4. The van der Waals surface area contributed by atoms with Gasteiger partial charge in [-0.25, -0.2) is 22.0 Å². The molecule has 0 aliphatic carbocycles. The topological polar surface area (TPSA) is 205 Å². The number of rotatable bonds is 18. The maximum Gasteiger partial charge on any atom is 0.501 e. The third-order valence-electron chi connectivity index (χ3n) is 9.29. The zero-order chi connectivity index (χ0) is 40.8. The molecule has 14 nitrogen and oxygen atoms in total. The molecule has 0 spiro atoms. The van der Waals surface area contributed by atoms with Crippen molar-refractivity contribution in [3.05, 3.63) is 77.9 Å². The van der Waals surface area contributed by atoms with E-state index in [1.54, 1.807) is 12.1 Å². The van der Waals surface area contributed by atoms with E-state index in [9.17, 15) is 49.2 Å². The summed E-state index contributed by atoms with van der Waals surface area (Å²) >= 11 is 1.42. The zero-order valence-electron chi connectivity index (χ0n) is 30.2. The first-order valence-corrected chi connectivity index (χ1v) is 21.6. The van der Waals surface area contributed by atoms with Crippen molar-refractivity contribution >= 4 is 66.6 Å². The fraction of sp³-hybridized carbons (Fsp3) is 0.389. The smallest absolute Gasteiger partial charge is 0.384 e. The van der Waals surface area contributed by atoms with Gasteiger partial charge in [0.05, 0.1) is 21.7 Å². The lowest BCUT2D eigenvalue weighted by molar-refractivity contribution is -0.136. The molecule has 0 saturated carbocycles. The zero-order valence-corrected chi connectivity index (χ0v) is 32.6. The van der Waals surface area contributed by atoms with Crippen molar-refractivity contribution < 1.29 is 49.2 Å². The number of sulfone groups is 1. The fourth-order valence-corrected chi connectivity index (χ4v) is 8.89. The van der Waals surface area contributed by atoms with Crippen LogP contribution in [0.4, 0.5) is 24.5 Å². The molecule has 0 bridgehead atoms. The van der Waals surface area contributed by atoms with Gasteiger partial charge >= 0.3 is 5.51 Å². The normalized spacial score (nSPS) is 16.9. The Kier molecular flexibility index (Phi) is 13.5. The van der Waals surface area contributed by atoms with Crippen LogP contribution in [-0.2, 0) is 29.4 Å². The molecule has 0 aromatic heterocycles. The molecule has 5 rings (SSSR count). The summed E-state index contributed by atoms with van der Waals surface area (Å²) < 4.78 is 90.0. The van der Waals surface area contributed by atoms with Gasteiger partial charge in [-0.2, -0.15) is 13.2 Å². The van der Waals surface area contributed by atoms with Crippen LogP contribution in [0.15, 0.2) is 81.4 Å². The van der Waals surface area contributed by atoms with Crippen molar-refractivity contribution in [2.24, 2.45) is 5.14 Å². The van der Waals surface area contributed by atoms with Crippen LogP contribution < -0.4 is 21.1 Å². The summed E-state index contributed by atoms with van der Waals surface area (Å²) in [5.41, 5.74) is -5.27. The highest BCUT2D eigenvalue weighted by Gasteiger charge is 2.49. The van der Waals surface area contributed by atoms with E-state index in [1.807, 2.05) is 42.3 Å². The molecule has 4 amide bonds. The fourth-order valence-electron chi connectivity index (χ4n) is 6.33. The van der Waals surface area contributed by atoms with Gasteiger partial charge in [-0.05, 0) is 88.3 Å². The summed E-state index contributed by atoms with van der Waals surface area (Å²) in [5, 5.41) is 13.4. The number of imide groups is 2. The van der Waals surface area contributed by atoms with Crippen LogP contribution in [-0.4, -0.2) is 100 Å². The summed E-state index contributed by atoms with van der Waals surface area (Å²) in [6.45, 7) is 1.62. The number of primary sulfonamides is 1.